The van der Waals surface area contributed by atoms with Crippen LogP contribution in [0.5, 0.6) is 0 Å². The van der Waals surface area contributed by atoms with E-state index in [1.54, 1.807) is 14.1 Å². The fourth-order valence-corrected chi connectivity index (χ4v) is 3.81. The van der Waals surface area contributed by atoms with E-state index in [4.69, 9.17) is 21.3 Å². The van der Waals surface area contributed by atoms with Gasteiger partial charge in [0.2, 0.25) is 0 Å². The van der Waals surface area contributed by atoms with Gasteiger partial charge in [-0.15, -0.1) is 0 Å². The van der Waals surface area contributed by atoms with Crippen molar-refractivity contribution >= 4 is 46.0 Å². The number of fused-ring (bicyclic) bond motifs is 2. The van der Waals surface area contributed by atoms with Gasteiger partial charge in [-0.2, -0.15) is 0 Å². The molecule has 0 radical (unpaired) electrons. The largest absolute Gasteiger partial charge is 0.452 e. The van der Waals surface area contributed by atoms with Crippen molar-refractivity contribution in [3.05, 3.63) is 75.9 Å². The molecule has 0 unspecified atom stereocenters. The Morgan fingerprint density at radius 3 is 2.60 bits per heavy atom. The number of amides is 1. The lowest BCUT2D eigenvalue weighted by atomic mass is 10.0. The van der Waals surface area contributed by atoms with Gasteiger partial charge in [0.1, 0.15) is 0 Å². The molecule has 5 nitrogen and oxygen atoms in total. The number of aromatic nitrogens is 1. The molecule has 0 saturated heterocycles. The number of rotatable bonds is 4. The van der Waals surface area contributed by atoms with Crippen LogP contribution in [0.25, 0.3) is 22.6 Å². The summed E-state index contributed by atoms with van der Waals surface area (Å²) in [6.45, 7) is -0.292. The van der Waals surface area contributed by atoms with Crippen molar-refractivity contribution in [1.29, 1.82) is 0 Å². The quantitative estimate of drug-likeness (QED) is 0.578. The molecule has 3 aromatic rings. The molecule has 0 saturated carbocycles. The number of hydrogen-bond donors (Lipinski definition) is 0. The summed E-state index contributed by atoms with van der Waals surface area (Å²) in [7, 11) is 3.25. The fraction of sp³-hybridized carbons (Fsp3) is 0.208. The van der Waals surface area contributed by atoms with E-state index in [2.05, 4.69) is 0 Å². The first-order valence-corrected chi connectivity index (χ1v) is 10.1. The minimum Gasteiger partial charge on any atom is -0.452 e. The first-order valence-electron chi connectivity index (χ1n) is 9.70. The molecule has 0 N–H and O–H groups in total. The molecule has 0 atom stereocenters. The number of carbonyl (C=O) groups excluding carboxylic acids is 2. The smallest absolute Gasteiger partial charge is 0.339 e. The predicted octanol–water partition coefficient (Wildman–Crippen LogP) is 4.62. The number of carbonyl (C=O) groups is 2. The highest BCUT2D eigenvalue weighted by molar-refractivity contribution is 6.32. The Morgan fingerprint density at radius 2 is 1.83 bits per heavy atom. The lowest BCUT2D eigenvalue weighted by molar-refractivity contribution is -0.131. The maximum absolute atomic E-state index is 13.0. The van der Waals surface area contributed by atoms with Crippen LogP contribution in [0.2, 0.25) is 5.02 Å². The maximum Gasteiger partial charge on any atom is 0.339 e. The van der Waals surface area contributed by atoms with Crippen molar-refractivity contribution in [2.75, 3.05) is 20.7 Å². The van der Waals surface area contributed by atoms with E-state index in [0.717, 1.165) is 34.2 Å². The number of nitrogens with zero attached hydrogens (tertiary/aromatic N) is 2. The molecule has 1 amide bonds. The number of ether oxygens (including phenoxy) is 1. The molecule has 0 bridgehead atoms. The number of halogens is 1. The Labute approximate surface area is 179 Å². The highest BCUT2D eigenvalue weighted by Crippen LogP contribution is 2.38. The molecule has 6 heteroatoms. The van der Waals surface area contributed by atoms with E-state index in [-0.39, 0.29) is 12.5 Å². The zero-order valence-corrected chi connectivity index (χ0v) is 17.6. The Hall–Kier alpha value is -3.18. The van der Waals surface area contributed by atoms with Gasteiger partial charge >= 0.3 is 5.97 Å². The predicted molar refractivity (Wildman–Crippen MR) is 118 cm³/mol. The molecular weight excluding hydrogens is 400 g/mol. The molecular formula is C24H21ClN2O3. The molecule has 2 aromatic carbocycles. The van der Waals surface area contributed by atoms with Crippen LogP contribution in [0.3, 0.4) is 0 Å². The van der Waals surface area contributed by atoms with Crippen LogP contribution in [0.4, 0.5) is 0 Å². The molecule has 30 heavy (non-hydrogen) atoms. The number of para-hydroxylation sites is 1. The van der Waals surface area contributed by atoms with E-state index in [1.165, 1.54) is 4.90 Å². The van der Waals surface area contributed by atoms with Gasteiger partial charge in [0, 0.05) is 24.5 Å². The van der Waals surface area contributed by atoms with Gasteiger partial charge in [0.25, 0.3) is 5.91 Å². The van der Waals surface area contributed by atoms with Crippen molar-refractivity contribution in [2.45, 2.75) is 12.8 Å². The van der Waals surface area contributed by atoms with Gasteiger partial charge < -0.3 is 9.64 Å². The van der Waals surface area contributed by atoms with E-state index in [1.807, 2.05) is 54.6 Å². The SMILES string of the molecule is CN(C)C(=O)COC(=O)c1c2c(nc3ccccc13)/C(=C/c1ccccc1Cl)CC2. The highest BCUT2D eigenvalue weighted by atomic mass is 35.5. The number of pyridine rings is 1. The van der Waals surface area contributed by atoms with E-state index < -0.39 is 5.97 Å². The van der Waals surface area contributed by atoms with Crippen LogP contribution >= 0.6 is 11.6 Å². The third-order valence-corrected chi connectivity index (χ3v) is 5.55. The Balaban J connectivity index is 1.79. The number of benzene rings is 2. The Morgan fingerprint density at radius 1 is 1.10 bits per heavy atom. The summed E-state index contributed by atoms with van der Waals surface area (Å²) >= 11 is 6.33. The van der Waals surface area contributed by atoms with Crippen LogP contribution in [0, 0.1) is 0 Å². The van der Waals surface area contributed by atoms with E-state index in [0.29, 0.717) is 22.5 Å². The summed E-state index contributed by atoms with van der Waals surface area (Å²) in [4.78, 5) is 31.1. The average molecular weight is 421 g/mol. The summed E-state index contributed by atoms with van der Waals surface area (Å²) < 4.78 is 5.36. The molecule has 0 spiro atoms. The van der Waals surface area contributed by atoms with Crippen LogP contribution in [-0.4, -0.2) is 42.5 Å². The molecule has 0 aliphatic heterocycles. The molecule has 1 aromatic heterocycles. The summed E-state index contributed by atoms with van der Waals surface area (Å²) in [6.07, 6.45) is 3.46. The number of likely N-dealkylation sites (N-methyl/N-ethyl adjacent to an activating group) is 1. The Kier molecular flexibility index (Phi) is 5.55. The topological polar surface area (TPSA) is 59.5 Å². The minimum absolute atomic E-state index is 0.266. The Bertz CT molecular complexity index is 1180. The summed E-state index contributed by atoms with van der Waals surface area (Å²) in [5.41, 5.74) is 4.80. The summed E-state index contributed by atoms with van der Waals surface area (Å²) in [5, 5.41) is 1.40. The number of allylic oxidation sites excluding steroid dienone is 1. The second-order valence-electron chi connectivity index (χ2n) is 7.39. The highest BCUT2D eigenvalue weighted by Gasteiger charge is 2.28. The molecule has 152 valence electrons. The maximum atomic E-state index is 13.0. The molecule has 1 aliphatic rings. The standard InChI is InChI=1S/C24H21ClN2O3/c1-27(2)21(28)14-30-24(29)22-17-8-4-6-10-20(17)26-23-16(11-12-18(22)23)13-15-7-3-5-9-19(15)25/h3-10,13H,11-12,14H2,1-2H3/b16-13+. The van der Waals surface area contributed by atoms with Gasteiger partial charge in [-0.3, -0.25) is 4.79 Å². The molecule has 0 fully saturated rings. The van der Waals surface area contributed by atoms with Crippen molar-refractivity contribution in [1.82, 2.24) is 9.88 Å². The van der Waals surface area contributed by atoms with E-state index in [9.17, 15) is 9.59 Å². The summed E-state index contributed by atoms with van der Waals surface area (Å²) in [5.74, 6) is -0.767. The first kappa shape index (κ1) is 20.1. The number of esters is 1. The normalized spacial score (nSPS) is 14.0. The van der Waals surface area contributed by atoms with Gasteiger partial charge in [0.15, 0.2) is 6.61 Å². The minimum atomic E-state index is -0.501. The number of hydrogen-bond acceptors (Lipinski definition) is 4. The third-order valence-electron chi connectivity index (χ3n) is 5.21. The fourth-order valence-electron chi connectivity index (χ4n) is 3.62. The van der Waals surface area contributed by atoms with Crippen molar-refractivity contribution in [3.8, 4) is 0 Å². The van der Waals surface area contributed by atoms with Crippen molar-refractivity contribution in [2.24, 2.45) is 0 Å². The van der Waals surface area contributed by atoms with Crippen LogP contribution < -0.4 is 0 Å². The zero-order valence-electron chi connectivity index (χ0n) is 16.8. The lowest BCUT2D eigenvalue weighted by Crippen LogP contribution is -2.27. The van der Waals surface area contributed by atoms with Crippen LogP contribution in [0.15, 0.2) is 48.5 Å². The third kappa shape index (κ3) is 3.81. The molecule has 1 aliphatic carbocycles. The second kappa shape index (κ2) is 8.28. The first-order chi connectivity index (χ1) is 14.5. The average Bonchev–Trinajstić information content (AvgIpc) is 3.13. The lowest BCUT2D eigenvalue weighted by Gasteiger charge is -2.14. The van der Waals surface area contributed by atoms with Crippen molar-refractivity contribution in [3.63, 3.8) is 0 Å². The monoisotopic (exact) mass is 420 g/mol. The van der Waals surface area contributed by atoms with Gasteiger partial charge in [-0.05, 0) is 47.8 Å². The van der Waals surface area contributed by atoms with Gasteiger partial charge in [-0.1, -0.05) is 48.0 Å². The molecule has 4 rings (SSSR count). The summed E-state index contributed by atoms with van der Waals surface area (Å²) in [6, 6.07) is 15.1. The van der Waals surface area contributed by atoms with Gasteiger partial charge in [0.05, 0.1) is 16.8 Å². The van der Waals surface area contributed by atoms with Crippen molar-refractivity contribution < 1.29 is 14.3 Å². The zero-order chi connectivity index (χ0) is 21.3. The van der Waals surface area contributed by atoms with Crippen LogP contribution in [0.1, 0.15) is 33.6 Å². The van der Waals surface area contributed by atoms with Crippen LogP contribution in [-0.2, 0) is 16.0 Å². The van der Waals surface area contributed by atoms with Gasteiger partial charge in [-0.25, -0.2) is 9.78 Å². The van der Waals surface area contributed by atoms with E-state index >= 15 is 0 Å². The second-order valence-corrected chi connectivity index (χ2v) is 7.79. The molecule has 1 heterocycles.